The lowest BCUT2D eigenvalue weighted by Crippen LogP contribution is -2.34. The van der Waals surface area contributed by atoms with Crippen molar-refractivity contribution in [3.05, 3.63) is 28.7 Å². The number of rotatable bonds is 1. The van der Waals surface area contributed by atoms with Crippen LogP contribution in [0, 0.1) is 11.8 Å². The Morgan fingerprint density at radius 3 is 2.46 bits per heavy atom. The van der Waals surface area contributed by atoms with Crippen molar-refractivity contribution < 1.29 is 10.0 Å². The van der Waals surface area contributed by atoms with Gasteiger partial charge in [-0.1, -0.05) is 0 Å². The summed E-state index contributed by atoms with van der Waals surface area (Å²) in [7, 11) is 0.0273. The van der Waals surface area contributed by atoms with Crippen molar-refractivity contribution in [1.82, 2.24) is 4.57 Å². The number of pyridine rings is 1. The van der Waals surface area contributed by atoms with Crippen LogP contribution in [0.15, 0.2) is 23.1 Å². The van der Waals surface area contributed by atoms with Crippen LogP contribution in [-0.4, -0.2) is 21.7 Å². The van der Waals surface area contributed by atoms with E-state index in [2.05, 4.69) is 6.57 Å². The van der Waals surface area contributed by atoms with E-state index in [0.29, 0.717) is 0 Å². The summed E-state index contributed by atoms with van der Waals surface area (Å²) in [6.07, 6.45) is 1.48. The molecule has 0 aliphatic heterocycles. The predicted octanol–water partition coefficient (Wildman–Crippen LogP) is -1.80. The molecule has 0 aromatic carbocycles. The normalized spacial score (nSPS) is 8.38. The number of nitrogens with zero attached hydrogens (tertiary/aromatic N) is 2. The SMILES string of the molecule is C#N.Cn1ccc(B(O)O)cc1=O. The molecule has 0 atom stereocenters. The molecule has 68 valence electrons. The topological polar surface area (TPSA) is 86.2 Å². The van der Waals surface area contributed by atoms with E-state index < -0.39 is 7.12 Å². The summed E-state index contributed by atoms with van der Waals surface area (Å²) < 4.78 is 1.35. The van der Waals surface area contributed by atoms with Gasteiger partial charge in [0.25, 0.3) is 0 Å². The Hall–Kier alpha value is -1.58. The fourth-order valence-corrected chi connectivity index (χ4v) is 0.724. The van der Waals surface area contributed by atoms with Gasteiger partial charge in [0.1, 0.15) is 0 Å². The lowest BCUT2D eigenvalue weighted by molar-refractivity contribution is 0.425. The second-order valence-electron chi connectivity index (χ2n) is 2.28. The van der Waals surface area contributed by atoms with Crippen LogP contribution in [-0.2, 0) is 7.05 Å². The summed E-state index contributed by atoms with van der Waals surface area (Å²) in [6, 6.07) is 2.66. The molecule has 1 heterocycles. The average molecular weight is 180 g/mol. The predicted molar refractivity (Wildman–Crippen MR) is 48.2 cm³/mol. The van der Waals surface area contributed by atoms with Gasteiger partial charge in [-0.2, -0.15) is 0 Å². The summed E-state index contributed by atoms with van der Waals surface area (Å²) in [6.45, 7) is 3.50. The summed E-state index contributed by atoms with van der Waals surface area (Å²) >= 11 is 0. The molecule has 0 fully saturated rings. The van der Waals surface area contributed by atoms with E-state index in [1.807, 2.05) is 0 Å². The molecule has 0 saturated heterocycles. The third-order valence-corrected chi connectivity index (χ3v) is 1.43. The van der Waals surface area contributed by atoms with Gasteiger partial charge in [0, 0.05) is 25.9 Å². The molecule has 13 heavy (non-hydrogen) atoms. The van der Waals surface area contributed by atoms with Gasteiger partial charge in [0.2, 0.25) is 5.56 Å². The Kier molecular flexibility index (Phi) is 4.52. The molecule has 0 amide bonds. The van der Waals surface area contributed by atoms with Crippen LogP contribution in [0.4, 0.5) is 0 Å². The van der Waals surface area contributed by atoms with E-state index in [1.54, 1.807) is 7.05 Å². The summed E-state index contributed by atoms with van der Waals surface area (Å²) in [5.74, 6) is 0. The van der Waals surface area contributed by atoms with Gasteiger partial charge in [-0.25, -0.2) is 5.26 Å². The van der Waals surface area contributed by atoms with Crippen LogP contribution >= 0.6 is 0 Å². The third-order valence-electron chi connectivity index (χ3n) is 1.43. The van der Waals surface area contributed by atoms with Crippen LogP contribution in [0.5, 0.6) is 0 Å². The molecule has 0 saturated carbocycles. The highest BCUT2D eigenvalue weighted by molar-refractivity contribution is 6.58. The first-order chi connectivity index (χ1) is 6.11. The van der Waals surface area contributed by atoms with Crippen LogP contribution in [0.1, 0.15) is 0 Å². The van der Waals surface area contributed by atoms with Gasteiger partial charge in [-0.05, 0) is 11.5 Å². The first-order valence-corrected chi connectivity index (χ1v) is 3.40. The molecule has 5 nitrogen and oxygen atoms in total. The highest BCUT2D eigenvalue weighted by Crippen LogP contribution is 1.76. The number of aryl methyl sites for hydroxylation is 1. The highest BCUT2D eigenvalue weighted by atomic mass is 16.4. The number of aromatic nitrogens is 1. The molecule has 0 aliphatic rings. The van der Waals surface area contributed by atoms with Crippen molar-refractivity contribution in [3.63, 3.8) is 0 Å². The molecule has 0 bridgehead atoms. The Bertz CT molecular complexity index is 345. The Morgan fingerprint density at radius 2 is 2.08 bits per heavy atom. The lowest BCUT2D eigenvalue weighted by Gasteiger charge is -1.99. The van der Waals surface area contributed by atoms with Crippen molar-refractivity contribution in [2.24, 2.45) is 7.05 Å². The Balaban J connectivity index is 0.000000671. The quantitative estimate of drug-likeness (QED) is 0.499. The van der Waals surface area contributed by atoms with E-state index in [1.165, 1.54) is 22.9 Å². The second-order valence-corrected chi connectivity index (χ2v) is 2.28. The number of nitriles is 1. The van der Waals surface area contributed by atoms with Crippen LogP contribution in [0.3, 0.4) is 0 Å². The van der Waals surface area contributed by atoms with Crippen molar-refractivity contribution >= 4 is 12.6 Å². The maximum absolute atomic E-state index is 10.9. The van der Waals surface area contributed by atoms with Crippen molar-refractivity contribution in [3.8, 4) is 6.57 Å². The highest BCUT2D eigenvalue weighted by Gasteiger charge is 2.10. The largest absolute Gasteiger partial charge is 0.488 e. The van der Waals surface area contributed by atoms with E-state index in [-0.39, 0.29) is 11.0 Å². The molecule has 1 aromatic heterocycles. The van der Waals surface area contributed by atoms with E-state index in [4.69, 9.17) is 15.3 Å². The molecule has 1 aromatic rings. The molecule has 0 spiro atoms. The van der Waals surface area contributed by atoms with Crippen LogP contribution < -0.4 is 11.0 Å². The van der Waals surface area contributed by atoms with Crippen molar-refractivity contribution in [1.29, 1.82) is 5.26 Å². The molecular formula is C7H9BN2O3. The maximum Gasteiger partial charge on any atom is 0.488 e. The standard InChI is InChI=1S/C6H8BNO3.CHN/c1-8-3-2-5(7(10)11)4-6(8)9;1-2/h2-4,10-11H,1H3;1H. The number of hydrogen-bond acceptors (Lipinski definition) is 4. The average Bonchev–Trinajstić information content (AvgIpc) is 2.13. The fraction of sp³-hybridized carbons (Fsp3) is 0.143. The van der Waals surface area contributed by atoms with Gasteiger partial charge >= 0.3 is 7.12 Å². The Labute approximate surface area is 75.6 Å². The molecule has 1 rings (SSSR count). The lowest BCUT2D eigenvalue weighted by atomic mass is 9.81. The molecule has 2 N–H and O–H groups in total. The third kappa shape index (κ3) is 3.11. The molecule has 0 radical (unpaired) electrons. The first-order valence-electron chi connectivity index (χ1n) is 3.40. The zero-order chi connectivity index (χ0) is 10.4. The molecule has 0 aliphatic carbocycles. The van der Waals surface area contributed by atoms with Gasteiger partial charge in [-0.3, -0.25) is 4.79 Å². The first kappa shape index (κ1) is 11.4. The minimum Gasteiger partial charge on any atom is -0.423 e. The fourth-order valence-electron chi connectivity index (χ4n) is 0.724. The van der Waals surface area contributed by atoms with Gasteiger partial charge < -0.3 is 14.6 Å². The minimum absolute atomic E-state index is 0.216. The molecule has 0 unspecified atom stereocenters. The summed E-state index contributed by atoms with van der Waals surface area (Å²) in [4.78, 5) is 10.9. The number of hydrogen-bond donors (Lipinski definition) is 2. The second kappa shape index (κ2) is 5.14. The zero-order valence-electron chi connectivity index (χ0n) is 7.08. The zero-order valence-corrected chi connectivity index (χ0v) is 7.08. The van der Waals surface area contributed by atoms with E-state index in [0.717, 1.165) is 0 Å². The monoisotopic (exact) mass is 180 g/mol. The van der Waals surface area contributed by atoms with E-state index >= 15 is 0 Å². The van der Waals surface area contributed by atoms with Gasteiger partial charge in [0.05, 0.1) is 0 Å². The Morgan fingerprint density at radius 1 is 1.54 bits per heavy atom. The van der Waals surface area contributed by atoms with Gasteiger partial charge in [0.15, 0.2) is 0 Å². The smallest absolute Gasteiger partial charge is 0.423 e. The van der Waals surface area contributed by atoms with Crippen molar-refractivity contribution in [2.45, 2.75) is 0 Å². The van der Waals surface area contributed by atoms with E-state index in [9.17, 15) is 4.79 Å². The molecular weight excluding hydrogens is 171 g/mol. The summed E-state index contributed by atoms with van der Waals surface area (Å²) in [5.41, 5.74) is -0.0382. The van der Waals surface area contributed by atoms with Crippen LogP contribution in [0.25, 0.3) is 0 Å². The maximum atomic E-state index is 10.9. The van der Waals surface area contributed by atoms with Crippen molar-refractivity contribution in [2.75, 3.05) is 0 Å². The summed E-state index contributed by atoms with van der Waals surface area (Å²) in [5, 5.41) is 23.8. The molecule has 6 heteroatoms. The van der Waals surface area contributed by atoms with Crippen LogP contribution in [0.2, 0.25) is 0 Å². The minimum atomic E-state index is -1.57. The van der Waals surface area contributed by atoms with Gasteiger partial charge in [-0.15, -0.1) is 0 Å².